The highest BCUT2D eigenvalue weighted by atomic mass is 16.2. The van der Waals surface area contributed by atoms with Crippen LogP contribution in [0.5, 0.6) is 0 Å². The Morgan fingerprint density at radius 2 is 1.94 bits per heavy atom. The van der Waals surface area contributed by atoms with Gasteiger partial charge < -0.3 is 15.5 Å². The number of nitrogens with zero attached hydrogens (tertiary/aromatic N) is 2. The van der Waals surface area contributed by atoms with Crippen molar-refractivity contribution in [1.82, 2.24) is 9.80 Å². The second-order valence-electron chi connectivity index (χ2n) is 4.76. The van der Waals surface area contributed by atoms with E-state index in [-0.39, 0.29) is 18.4 Å². The van der Waals surface area contributed by atoms with Gasteiger partial charge in [-0.3, -0.25) is 9.59 Å². The molecule has 5 nitrogen and oxygen atoms in total. The number of likely N-dealkylation sites (N-methyl/N-ethyl adjacent to an activating group) is 1. The maximum atomic E-state index is 12.3. The van der Waals surface area contributed by atoms with Gasteiger partial charge in [0.2, 0.25) is 11.8 Å². The Kier molecular flexibility index (Phi) is 4.51. The van der Waals surface area contributed by atoms with Gasteiger partial charge in [0.1, 0.15) is 0 Å². The third-order valence-electron chi connectivity index (χ3n) is 3.65. The molecule has 0 bridgehead atoms. The van der Waals surface area contributed by atoms with E-state index < -0.39 is 5.54 Å². The molecule has 0 unspecified atom stereocenters. The van der Waals surface area contributed by atoms with Crippen molar-refractivity contribution in [3.63, 3.8) is 0 Å². The van der Waals surface area contributed by atoms with E-state index in [4.69, 9.17) is 5.73 Å². The van der Waals surface area contributed by atoms with E-state index in [0.717, 1.165) is 6.42 Å². The first-order valence-corrected chi connectivity index (χ1v) is 6.26. The molecular formula is C12H23N3O2. The normalized spacial score (nSPS) is 18.2. The Bertz CT molecular complexity index is 300. The third-order valence-corrected chi connectivity index (χ3v) is 3.65. The van der Waals surface area contributed by atoms with Gasteiger partial charge in [0.15, 0.2) is 0 Å². The fraction of sp³-hybridized carbons (Fsp3) is 0.833. The van der Waals surface area contributed by atoms with Crippen LogP contribution in [0.1, 0.15) is 33.1 Å². The minimum Gasteiger partial charge on any atom is -0.344 e. The SMILES string of the molecule is CCC(N)(CC)C(=O)N1CCCN(C)C(=O)C1. The Hall–Kier alpha value is -1.10. The van der Waals surface area contributed by atoms with Crippen LogP contribution >= 0.6 is 0 Å². The molecule has 5 heteroatoms. The molecule has 0 aromatic carbocycles. The smallest absolute Gasteiger partial charge is 0.243 e. The number of nitrogens with two attached hydrogens (primary N) is 1. The van der Waals surface area contributed by atoms with Crippen molar-refractivity contribution >= 4 is 11.8 Å². The van der Waals surface area contributed by atoms with Crippen LogP contribution in [0.3, 0.4) is 0 Å². The zero-order valence-electron chi connectivity index (χ0n) is 11.0. The highest BCUT2D eigenvalue weighted by Gasteiger charge is 2.35. The van der Waals surface area contributed by atoms with Gasteiger partial charge in [0.05, 0.1) is 12.1 Å². The molecule has 0 aliphatic carbocycles. The van der Waals surface area contributed by atoms with Crippen molar-refractivity contribution in [1.29, 1.82) is 0 Å². The zero-order valence-corrected chi connectivity index (χ0v) is 11.0. The molecule has 0 aromatic heterocycles. The van der Waals surface area contributed by atoms with E-state index in [2.05, 4.69) is 0 Å². The van der Waals surface area contributed by atoms with E-state index in [9.17, 15) is 9.59 Å². The highest BCUT2D eigenvalue weighted by Crippen LogP contribution is 2.16. The van der Waals surface area contributed by atoms with Crippen LogP contribution < -0.4 is 5.73 Å². The van der Waals surface area contributed by atoms with Gasteiger partial charge in [-0.2, -0.15) is 0 Å². The van der Waals surface area contributed by atoms with Crippen LogP contribution in [0.2, 0.25) is 0 Å². The van der Waals surface area contributed by atoms with Gasteiger partial charge in [-0.05, 0) is 19.3 Å². The van der Waals surface area contributed by atoms with Crippen LogP contribution in [0, 0.1) is 0 Å². The molecule has 1 rings (SSSR count). The number of hydrogen-bond donors (Lipinski definition) is 1. The molecule has 17 heavy (non-hydrogen) atoms. The van der Waals surface area contributed by atoms with E-state index in [0.29, 0.717) is 25.9 Å². The Morgan fingerprint density at radius 3 is 2.47 bits per heavy atom. The predicted octanol–water partition coefficient (Wildman–Crippen LogP) is 0.195. The fourth-order valence-corrected chi connectivity index (χ4v) is 2.03. The summed E-state index contributed by atoms with van der Waals surface area (Å²) < 4.78 is 0. The highest BCUT2D eigenvalue weighted by molar-refractivity contribution is 5.90. The lowest BCUT2D eigenvalue weighted by molar-refractivity contribution is -0.142. The average molecular weight is 241 g/mol. The molecule has 98 valence electrons. The molecule has 1 aliphatic rings. The van der Waals surface area contributed by atoms with Crippen molar-refractivity contribution < 1.29 is 9.59 Å². The number of hydrogen-bond acceptors (Lipinski definition) is 3. The standard InChI is InChI=1S/C12H23N3O2/c1-4-12(13,5-2)11(17)15-8-6-7-14(3)10(16)9-15/h4-9,13H2,1-3H3. The number of rotatable bonds is 3. The molecule has 0 saturated carbocycles. The second-order valence-corrected chi connectivity index (χ2v) is 4.76. The Morgan fingerprint density at radius 1 is 1.35 bits per heavy atom. The molecule has 0 aromatic rings. The van der Waals surface area contributed by atoms with Crippen LogP contribution in [0.4, 0.5) is 0 Å². The second kappa shape index (κ2) is 5.49. The number of amides is 2. The molecule has 1 fully saturated rings. The maximum Gasteiger partial charge on any atom is 0.243 e. The third kappa shape index (κ3) is 2.97. The Balaban J connectivity index is 2.78. The summed E-state index contributed by atoms with van der Waals surface area (Å²) in [7, 11) is 1.77. The molecule has 1 heterocycles. The van der Waals surface area contributed by atoms with Gasteiger partial charge >= 0.3 is 0 Å². The van der Waals surface area contributed by atoms with Crippen molar-refractivity contribution in [3.05, 3.63) is 0 Å². The van der Waals surface area contributed by atoms with Crippen molar-refractivity contribution in [2.75, 3.05) is 26.7 Å². The number of carbonyl (C=O) groups excluding carboxylic acids is 2. The van der Waals surface area contributed by atoms with Gasteiger partial charge in [-0.25, -0.2) is 0 Å². The molecule has 2 amide bonds. The predicted molar refractivity (Wildman–Crippen MR) is 66.3 cm³/mol. The maximum absolute atomic E-state index is 12.3. The van der Waals surface area contributed by atoms with Crippen LogP contribution in [-0.4, -0.2) is 53.8 Å². The van der Waals surface area contributed by atoms with E-state index >= 15 is 0 Å². The first-order chi connectivity index (χ1) is 7.94. The molecule has 0 radical (unpaired) electrons. The van der Waals surface area contributed by atoms with Crippen LogP contribution in [0.25, 0.3) is 0 Å². The quantitative estimate of drug-likeness (QED) is 0.767. The molecule has 2 N–H and O–H groups in total. The largest absolute Gasteiger partial charge is 0.344 e. The van der Waals surface area contributed by atoms with Gasteiger partial charge in [0.25, 0.3) is 0 Å². The summed E-state index contributed by atoms with van der Waals surface area (Å²) in [6, 6.07) is 0. The summed E-state index contributed by atoms with van der Waals surface area (Å²) in [6.07, 6.45) is 2.02. The summed E-state index contributed by atoms with van der Waals surface area (Å²) in [5, 5.41) is 0. The van der Waals surface area contributed by atoms with Gasteiger partial charge in [-0.15, -0.1) is 0 Å². The summed E-state index contributed by atoms with van der Waals surface area (Å²) in [4.78, 5) is 27.3. The first kappa shape index (κ1) is 14.0. The topological polar surface area (TPSA) is 66.6 Å². The Labute approximate surface area is 103 Å². The lowest BCUT2D eigenvalue weighted by Gasteiger charge is -2.31. The van der Waals surface area contributed by atoms with E-state index in [1.54, 1.807) is 16.8 Å². The first-order valence-electron chi connectivity index (χ1n) is 6.26. The summed E-state index contributed by atoms with van der Waals surface area (Å²) >= 11 is 0. The molecular weight excluding hydrogens is 218 g/mol. The van der Waals surface area contributed by atoms with Gasteiger partial charge in [-0.1, -0.05) is 13.8 Å². The van der Waals surface area contributed by atoms with E-state index in [1.165, 1.54) is 0 Å². The average Bonchev–Trinajstić information content (AvgIpc) is 2.50. The minimum atomic E-state index is -0.816. The van der Waals surface area contributed by atoms with Crippen molar-refractivity contribution in [2.24, 2.45) is 5.73 Å². The van der Waals surface area contributed by atoms with E-state index in [1.807, 2.05) is 13.8 Å². The van der Waals surface area contributed by atoms with Crippen molar-refractivity contribution in [2.45, 2.75) is 38.6 Å². The van der Waals surface area contributed by atoms with Gasteiger partial charge in [0, 0.05) is 20.1 Å². The molecule has 0 spiro atoms. The summed E-state index contributed by atoms with van der Waals surface area (Å²) in [5.74, 6) is -0.100. The van der Waals surface area contributed by atoms with Crippen molar-refractivity contribution in [3.8, 4) is 0 Å². The lowest BCUT2D eigenvalue weighted by atomic mass is 9.92. The van der Waals surface area contributed by atoms with Crippen LogP contribution in [0.15, 0.2) is 0 Å². The zero-order chi connectivity index (χ0) is 13.1. The minimum absolute atomic E-state index is 0.00888. The molecule has 1 saturated heterocycles. The summed E-state index contributed by atoms with van der Waals surface area (Å²) in [6.45, 7) is 5.31. The number of carbonyl (C=O) groups is 2. The van der Waals surface area contributed by atoms with Crippen LogP contribution in [-0.2, 0) is 9.59 Å². The molecule has 1 aliphatic heterocycles. The molecule has 0 atom stereocenters. The lowest BCUT2D eigenvalue weighted by Crippen LogP contribution is -2.55. The monoisotopic (exact) mass is 241 g/mol. The fourth-order valence-electron chi connectivity index (χ4n) is 2.03. The summed E-state index contributed by atoms with van der Waals surface area (Å²) in [5.41, 5.74) is 5.27.